The Morgan fingerprint density at radius 3 is 2.65 bits per heavy atom. The second kappa shape index (κ2) is 6.31. The predicted octanol–water partition coefficient (Wildman–Crippen LogP) is 2.51. The number of hydrogen-bond acceptors (Lipinski definition) is 4. The number of carbonyl (C=O) groups excluding carboxylic acids is 1. The summed E-state index contributed by atoms with van der Waals surface area (Å²) in [6, 6.07) is 5.58. The van der Waals surface area contributed by atoms with E-state index in [1.54, 1.807) is 19.1 Å². The van der Waals surface area contributed by atoms with Gasteiger partial charge in [-0.25, -0.2) is 0 Å². The monoisotopic (exact) mass is 249 g/mol. The van der Waals surface area contributed by atoms with Crippen LogP contribution in [-0.2, 0) is 22.4 Å². The van der Waals surface area contributed by atoms with Gasteiger partial charge in [-0.1, -0.05) is 6.92 Å². The fourth-order valence-electron chi connectivity index (χ4n) is 1.74. The summed E-state index contributed by atoms with van der Waals surface area (Å²) in [6.45, 7) is 4.09. The average molecular weight is 249 g/mol. The van der Waals surface area contributed by atoms with Crippen molar-refractivity contribution in [2.24, 2.45) is 0 Å². The Kier molecular flexibility index (Phi) is 5.05. The van der Waals surface area contributed by atoms with Crippen LogP contribution in [-0.4, -0.2) is 12.6 Å². The van der Waals surface area contributed by atoms with Gasteiger partial charge >= 0.3 is 5.97 Å². The van der Waals surface area contributed by atoms with Crippen LogP contribution in [0.3, 0.4) is 0 Å². The highest BCUT2D eigenvalue weighted by atomic mass is 32.1. The van der Waals surface area contributed by atoms with E-state index >= 15 is 0 Å². The number of rotatable bonds is 4. The lowest BCUT2D eigenvalue weighted by Crippen LogP contribution is -2.11. The zero-order valence-corrected chi connectivity index (χ0v) is 10.9. The SMILES string of the molecule is CCOC(=O)Cc1c(C#N)ccc(S)c1CC. The largest absolute Gasteiger partial charge is 0.466 e. The van der Waals surface area contributed by atoms with Crippen LogP contribution >= 0.6 is 12.6 Å². The highest BCUT2D eigenvalue weighted by Crippen LogP contribution is 2.23. The van der Waals surface area contributed by atoms with Crippen molar-refractivity contribution < 1.29 is 9.53 Å². The molecular formula is C13H15NO2S. The van der Waals surface area contributed by atoms with Crippen LogP contribution in [0.25, 0.3) is 0 Å². The molecule has 1 aromatic carbocycles. The lowest BCUT2D eigenvalue weighted by atomic mass is 9.97. The summed E-state index contributed by atoms with van der Waals surface area (Å²) in [5, 5.41) is 9.05. The molecule has 0 saturated carbocycles. The van der Waals surface area contributed by atoms with Gasteiger partial charge < -0.3 is 4.74 Å². The number of carbonyl (C=O) groups is 1. The van der Waals surface area contributed by atoms with Crippen LogP contribution in [0.5, 0.6) is 0 Å². The number of hydrogen-bond donors (Lipinski definition) is 1. The number of nitriles is 1. The molecule has 0 spiro atoms. The first-order valence-electron chi connectivity index (χ1n) is 5.53. The van der Waals surface area contributed by atoms with E-state index in [0.29, 0.717) is 12.2 Å². The molecular weight excluding hydrogens is 234 g/mol. The Balaban J connectivity index is 3.15. The summed E-state index contributed by atoms with van der Waals surface area (Å²) in [4.78, 5) is 12.3. The maximum atomic E-state index is 11.5. The maximum Gasteiger partial charge on any atom is 0.310 e. The van der Waals surface area contributed by atoms with Crippen molar-refractivity contribution in [1.29, 1.82) is 5.26 Å². The Morgan fingerprint density at radius 1 is 1.41 bits per heavy atom. The van der Waals surface area contributed by atoms with Crippen molar-refractivity contribution in [1.82, 2.24) is 0 Å². The highest BCUT2D eigenvalue weighted by Gasteiger charge is 2.14. The normalized spacial score (nSPS) is 9.76. The predicted molar refractivity (Wildman–Crippen MR) is 68.1 cm³/mol. The summed E-state index contributed by atoms with van der Waals surface area (Å²) in [5.74, 6) is -0.308. The average Bonchev–Trinajstić information content (AvgIpc) is 2.30. The van der Waals surface area contributed by atoms with E-state index in [9.17, 15) is 4.79 Å². The summed E-state index contributed by atoms with van der Waals surface area (Å²) < 4.78 is 4.91. The van der Waals surface area contributed by atoms with Crippen LogP contribution in [0.2, 0.25) is 0 Å². The molecule has 1 aromatic rings. The molecule has 3 nitrogen and oxygen atoms in total. The number of thiol groups is 1. The highest BCUT2D eigenvalue weighted by molar-refractivity contribution is 7.80. The molecule has 0 aliphatic rings. The van der Waals surface area contributed by atoms with Gasteiger partial charge in [0.05, 0.1) is 24.7 Å². The van der Waals surface area contributed by atoms with Gasteiger partial charge in [-0.15, -0.1) is 12.6 Å². The van der Waals surface area contributed by atoms with Crippen LogP contribution in [0.1, 0.15) is 30.5 Å². The Morgan fingerprint density at radius 2 is 2.12 bits per heavy atom. The van der Waals surface area contributed by atoms with Crippen LogP contribution in [0.15, 0.2) is 17.0 Å². The van der Waals surface area contributed by atoms with Crippen molar-refractivity contribution in [3.63, 3.8) is 0 Å². The smallest absolute Gasteiger partial charge is 0.310 e. The number of esters is 1. The van der Waals surface area contributed by atoms with Gasteiger partial charge in [0.15, 0.2) is 0 Å². The Bertz CT molecular complexity index is 463. The fourth-order valence-corrected chi connectivity index (χ4v) is 2.11. The van der Waals surface area contributed by atoms with Gasteiger partial charge in [-0.2, -0.15) is 5.26 Å². The van der Waals surface area contributed by atoms with Crippen molar-refractivity contribution in [2.75, 3.05) is 6.61 Å². The first kappa shape index (κ1) is 13.6. The second-order valence-electron chi connectivity index (χ2n) is 3.54. The Labute approximate surface area is 107 Å². The lowest BCUT2D eigenvalue weighted by Gasteiger charge is -2.11. The summed E-state index contributed by atoms with van der Waals surface area (Å²) in [6.07, 6.45) is 0.872. The topological polar surface area (TPSA) is 50.1 Å². The minimum atomic E-state index is -0.308. The zero-order valence-electron chi connectivity index (χ0n) is 9.99. The van der Waals surface area contributed by atoms with Gasteiger partial charge in [0, 0.05) is 4.90 Å². The standard InChI is InChI=1S/C13H15NO2S/c1-3-10-11(7-13(15)16-4-2)9(8-14)5-6-12(10)17/h5-6,17H,3-4,7H2,1-2H3. The van der Waals surface area contributed by atoms with E-state index in [1.807, 2.05) is 6.92 Å². The van der Waals surface area contributed by atoms with E-state index in [0.717, 1.165) is 22.4 Å². The maximum absolute atomic E-state index is 11.5. The van der Waals surface area contributed by atoms with Gasteiger partial charge in [-0.3, -0.25) is 4.79 Å². The number of ether oxygens (including phenoxy) is 1. The molecule has 4 heteroatoms. The molecule has 0 aromatic heterocycles. The third kappa shape index (κ3) is 3.24. The lowest BCUT2D eigenvalue weighted by molar-refractivity contribution is -0.142. The first-order valence-corrected chi connectivity index (χ1v) is 5.98. The quantitative estimate of drug-likeness (QED) is 0.659. The van der Waals surface area contributed by atoms with E-state index in [1.165, 1.54) is 0 Å². The summed E-state index contributed by atoms with van der Waals surface area (Å²) >= 11 is 4.35. The molecule has 0 bridgehead atoms. The molecule has 0 heterocycles. The third-order valence-corrected chi connectivity index (χ3v) is 2.93. The molecule has 0 amide bonds. The number of benzene rings is 1. The van der Waals surface area contributed by atoms with Crippen LogP contribution in [0, 0.1) is 11.3 Å². The fraction of sp³-hybridized carbons (Fsp3) is 0.385. The first-order chi connectivity index (χ1) is 8.13. The minimum Gasteiger partial charge on any atom is -0.466 e. The van der Waals surface area contributed by atoms with Crippen LogP contribution in [0.4, 0.5) is 0 Å². The van der Waals surface area contributed by atoms with Crippen molar-refractivity contribution in [3.8, 4) is 6.07 Å². The van der Waals surface area contributed by atoms with Crippen LogP contribution < -0.4 is 0 Å². The molecule has 0 saturated heterocycles. The van der Waals surface area contributed by atoms with Gasteiger partial charge in [0.1, 0.15) is 0 Å². The third-order valence-electron chi connectivity index (χ3n) is 2.51. The molecule has 0 unspecified atom stereocenters. The molecule has 0 aliphatic heterocycles. The molecule has 90 valence electrons. The van der Waals surface area contributed by atoms with E-state index < -0.39 is 0 Å². The van der Waals surface area contributed by atoms with Crippen molar-refractivity contribution in [2.45, 2.75) is 31.6 Å². The number of nitrogens with zero attached hydrogens (tertiary/aromatic N) is 1. The molecule has 0 radical (unpaired) electrons. The van der Waals surface area contributed by atoms with Gasteiger partial charge in [-0.05, 0) is 36.6 Å². The van der Waals surface area contributed by atoms with Gasteiger partial charge in [0.2, 0.25) is 0 Å². The van der Waals surface area contributed by atoms with E-state index in [4.69, 9.17) is 10.00 Å². The summed E-state index contributed by atoms with van der Waals surface area (Å²) in [7, 11) is 0. The zero-order chi connectivity index (χ0) is 12.8. The van der Waals surface area contributed by atoms with Crippen molar-refractivity contribution in [3.05, 3.63) is 28.8 Å². The minimum absolute atomic E-state index is 0.133. The van der Waals surface area contributed by atoms with Gasteiger partial charge in [0.25, 0.3) is 0 Å². The molecule has 0 atom stereocenters. The molecule has 1 rings (SSSR count). The molecule has 0 N–H and O–H groups in total. The Hall–Kier alpha value is -1.47. The molecule has 0 fully saturated rings. The van der Waals surface area contributed by atoms with E-state index in [-0.39, 0.29) is 12.4 Å². The van der Waals surface area contributed by atoms with Crippen molar-refractivity contribution >= 4 is 18.6 Å². The second-order valence-corrected chi connectivity index (χ2v) is 4.02. The molecule has 17 heavy (non-hydrogen) atoms. The summed E-state index contributed by atoms with van der Waals surface area (Å²) in [5.41, 5.74) is 2.20. The molecule has 0 aliphatic carbocycles. The van der Waals surface area contributed by atoms with E-state index in [2.05, 4.69) is 18.7 Å².